The molecular weight excluding hydrogens is 554 g/mol. The summed E-state index contributed by atoms with van der Waals surface area (Å²) in [5.41, 5.74) is 3.00. The predicted molar refractivity (Wildman–Crippen MR) is 148 cm³/mol. The van der Waals surface area contributed by atoms with Gasteiger partial charge in [0.15, 0.2) is 11.4 Å². The van der Waals surface area contributed by atoms with E-state index in [0.29, 0.717) is 16.8 Å². The maximum Gasteiger partial charge on any atom is 0.255 e. The Morgan fingerprint density at radius 2 is 1.71 bits per heavy atom. The minimum atomic E-state index is -2.73. The number of hydrogen-bond acceptors (Lipinski definition) is 10. The molecule has 0 aromatic heterocycles. The third kappa shape index (κ3) is 4.20. The molecule has 0 heterocycles. The van der Waals surface area contributed by atoms with E-state index in [4.69, 9.17) is 5.73 Å². The van der Waals surface area contributed by atoms with Crippen LogP contribution in [0.5, 0.6) is 5.75 Å². The molecular formula is C29H36F2N4O7. The number of hydrogen-bond donors (Lipinski definition) is 5. The van der Waals surface area contributed by atoms with Crippen molar-refractivity contribution in [1.82, 2.24) is 9.80 Å². The number of nitrogens with zero attached hydrogens (tertiary/aromatic N) is 3. The first-order valence-corrected chi connectivity index (χ1v) is 13.7. The quantitative estimate of drug-likeness (QED) is 0.304. The molecule has 2 saturated carbocycles. The summed E-state index contributed by atoms with van der Waals surface area (Å²) in [6.45, 7) is 0.0881. The first-order chi connectivity index (χ1) is 19.4. The van der Waals surface area contributed by atoms with Gasteiger partial charge in [-0.3, -0.25) is 24.2 Å². The topological polar surface area (TPSA) is 168 Å². The number of carbonyl (C=O) groups excluding carboxylic acids is 3. The number of alkyl halides is 2. The van der Waals surface area contributed by atoms with E-state index in [1.165, 1.54) is 4.90 Å². The Hall–Kier alpha value is -3.55. The van der Waals surface area contributed by atoms with Gasteiger partial charge in [0.25, 0.3) is 11.8 Å². The third-order valence-electron chi connectivity index (χ3n) is 9.37. The molecule has 0 aliphatic heterocycles. The monoisotopic (exact) mass is 590 g/mol. The molecule has 0 radical (unpaired) electrons. The van der Waals surface area contributed by atoms with Crippen LogP contribution in [0.25, 0.3) is 5.76 Å². The second kappa shape index (κ2) is 9.75. The highest BCUT2D eigenvalue weighted by molar-refractivity contribution is 6.24. The molecule has 11 nitrogen and oxygen atoms in total. The Bertz CT molecular complexity index is 1460. The summed E-state index contributed by atoms with van der Waals surface area (Å²) < 4.78 is 27.0. The number of phenols is 1. The molecule has 228 valence electrons. The largest absolute Gasteiger partial charge is 0.508 e. The zero-order chi connectivity index (χ0) is 31.2. The Morgan fingerprint density at radius 3 is 2.24 bits per heavy atom. The molecule has 4 atom stereocenters. The molecule has 0 spiro atoms. The maximum atomic E-state index is 14.1. The molecule has 1 amide bonds. The van der Waals surface area contributed by atoms with Crippen molar-refractivity contribution < 1.29 is 43.6 Å². The van der Waals surface area contributed by atoms with Crippen molar-refractivity contribution in [3.63, 3.8) is 0 Å². The summed E-state index contributed by atoms with van der Waals surface area (Å²) in [6, 6.07) is 0.163. The third-order valence-corrected chi connectivity index (χ3v) is 9.37. The van der Waals surface area contributed by atoms with Gasteiger partial charge in [-0.1, -0.05) is 0 Å². The molecule has 1 aromatic carbocycles. The number of nitrogens with two attached hydrogens (primary N) is 1. The number of halogens is 2. The number of Topliss-reactive ketones (excluding diaryl/α,β-unsaturated/α-hetero) is 2. The maximum absolute atomic E-state index is 14.1. The van der Waals surface area contributed by atoms with Crippen LogP contribution in [-0.2, 0) is 27.3 Å². The molecule has 4 aliphatic rings. The van der Waals surface area contributed by atoms with Crippen LogP contribution in [0, 0.1) is 11.8 Å². The zero-order valence-corrected chi connectivity index (χ0v) is 24.1. The smallest absolute Gasteiger partial charge is 0.255 e. The Morgan fingerprint density at radius 1 is 1.10 bits per heavy atom. The highest BCUT2D eigenvalue weighted by Crippen LogP contribution is 2.54. The minimum Gasteiger partial charge on any atom is -0.508 e. The number of phenolic OH excluding ortho intramolecular Hbond substituents is 1. The van der Waals surface area contributed by atoms with E-state index < -0.39 is 70.0 Å². The number of rotatable bonds is 6. The van der Waals surface area contributed by atoms with E-state index in [9.17, 15) is 43.6 Å². The first kappa shape index (κ1) is 29.9. The van der Waals surface area contributed by atoms with Crippen LogP contribution < -0.4 is 10.6 Å². The molecule has 42 heavy (non-hydrogen) atoms. The minimum absolute atomic E-state index is 0.0141. The van der Waals surface area contributed by atoms with Crippen molar-refractivity contribution >= 4 is 28.9 Å². The molecule has 0 unspecified atom stereocenters. The average molecular weight is 591 g/mol. The highest BCUT2D eigenvalue weighted by Gasteiger charge is 2.64. The van der Waals surface area contributed by atoms with Gasteiger partial charge >= 0.3 is 0 Å². The van der Waals surface area contributed by atoms with Crippen molar-refractivity contribution in [1.29, 1.82) is 0 Å². The fraction of sp³-hybridized carbons (Fsp3) is 0.552. The van der Waals surface area contributed by atoms with Gasteiger partial charge in [0.05, 0.1) is 11.6 Å². The summed E-state index contributed by atoms with van der Waals surface area (Å²) in [6.07, 6.45) is -0.468. The fourth-order valence-electron chi connectivity index (χ4n) is 7.20. The summed E-state index contributed by atoms with van der Waals surface area (Å²) in [5, 5.41) is 45.8. The van der Waals surface area contributed by atoms with Crippen LogP contribution in [0.4, 0.5) is 14.5 Å². The van der Waals surface area contributed by atoms with Gasteiger partial charge in [0.1, 0.15) is 22.8 Å². The number of primary amides is 1. The molecule has 13 heteroatoms. The van der Waals surface area contributed by atoms with Crippen molar-refractivity contribution in [2.24, 2.45) is 17.6 Å². The van der Waals surface area contributed by atoms with Gasteiger partial charge < -0.3 is 31.1 Å². The lowest BCUT2D eigenvalue weighted by molar-refractivity contribution is -0.153. The lowest BCUT2D eigenvalue weighted by Gasteiger charge is -2.50. The number of ketones is 2. The van der Waals surface area contributed by atoms with Gasteiger partial charge in [-0.25, -0.2) is 8.78 Å². The zero-order valence-electron chi connectivity index (χ0n) is 24.1. The fourth-order valence-corrected chi connectivity index (χ4v) is 7.20. The number of aliphatic hydroxyl groups excluding tert-OH is 2. The van der Waals surface area contributed by atoms with Gasteiger partial charge in [0, 0.05) is 62.3 Å². The van der Waals surface area contributed by atoms with E-state index in [1.54, 1.807) is 51.1 Å². The van der Waals surface area contributed by atoms with Gasteiger partial charge in [0.2, 0.25) is 5.78 Å². The van der Waals surface area contributed by atoms with Crippen molar-refractivity contribution in [3.05, 3.63) is 39.7 Å². The number of benzene rings is 1. The van der Waals surface area contributed by atoms with E-state index in [2.05, 4.69) is 0 Å². The van der Waals surface area contributed by atoms with Crippen LogP contribution in [0.15, 0.2) is 23.0 Å². The summed E-state index contributed by atoms with van der Waals surface area (Å²) in [7, 11) is 8.28. The lowest BCUT2D eigenvalue weighted by atomic mass is 9.57. The summed E-state index contributed by atoms with van der Waals surface area (Å²) in [5.74, 6) is -9.87. The van der Waals surface area contributed by atoms with Crippen LogP contribution in [0.3, 0.4) is 0 Å². The Labute approximate surface area is 241 Å². The lowest BCUT2D eigenvalue weighted by Crippen LogP contribution is -2.65. The van der Waals surface area contributed by atoms with Gasteiger partial charge in [-0.05, 0) is 51.5 Å². The number of aromatic hydroxyl groups is 1. The van der Waals surface area contributed by atoms with Gasteiger partial charge in [-0.2, -0.15) is 0 Å². The molecule has 2 fully saturated rings. The predicted octanol–water partition coefficient (Wildman–Crippen LogP) is 1.26. The SMILES string of the molecule is CN(C)c1cc(CN(C)C2CC(F)(F)C2)c(O)c2c1C[C@H]1C[C@H]3[C@H](N(C)C)C(=O)C(C(N)=O)=C(O)[C@@]3(O)C(=O)C1=C2O. The van der Waals surface area contributed by atoms with Crippen molar-refractivity contribution in [2.45, 2.75) is 55.8 Å². The average Bonchev–Trinajstić information content (AvgIpc) is 2.85. The first-order valence-electron chi connectivity index (χ1n) is 13.7. The van der Waals surface area contributed by atoms with Gasteiger partial charge in [-0.15, -0.1) is 0 Å². The van der Waals surface area contributed by atoms with Crippen LogP contribution in [0.2, 0.25) is 0 Å². The number of anilines is 1. The molecule has 0 bridgehead atoms. The molecule has 5 rings (SSSR count). The van der Waals surface area contributed by atoms with Crippen LogP contribution >= 0.6 is 0 Å². The molecule has 4 aliphatic carbocycles. The van der Waals surface area contributed by atoms with E-state index in [1.807, 2.05) is 0 Å². The standard InChI is InChI=1S/C29H36F2N4O7/c1-33(2)17-8-13(11-35(5)14-9-28(30,31)10-14)22(36)19-15(17)6-12-7-16-21(34(3)4)24(38)20(27(32)41)26(40)29(16,42)25(39)18(12)23(19)37/h8,12,14,16,21,36-37,40,42H,6-7,9-11H2,1-5H3,(H2,32,41)/t12-,16-,21-,29-/m0/s1. The Kier molecular flexibility index (Phi) is 6.94. The second-order valence-electron chi connectivity index (χ2n) is 12.4. The van der Waals surface area contributed by atoms with Crippen molar-refractivity contribution in [2.75, 3.05) is 40.1 Å². The number of fused-ring (bicyclic) bond motifs is 3. The Balaban J connectivity index is 1.65. The summed E-state index contributed by atoms with van der Waals surface area (Å²) >= 11 is 0. The molecule has 1 aromatic rings. The van der Waals surface area contributed by atoms with E-state index in [-0.39, 0.29) is 49.1 Å². The normalized spacial score (nSPS) is 29.0. The number of carbonyl (C=O) groups is 3. The second-order valence-corrected chi connectivity index (χ2v) is 12.4. The van der Waals surface area contributed by atoms with E-state index in [0.717, 1.165) is 0 Å². The van der Waals surface area contributed by atoms with Crippen LogP contribution in [0.1, 0.15) is 36.0 Å². The highest BCUT2D eigenvalue weighted by atomic mass is 19.3. The number of likely N-dealkylation sites (N-methyl/N-ethyl adjacent to an activating group) is 1. The molecule has 0 saturated heterocycles. The van der Waals surface area contributed by atoms with E-state index >= 15 is 0 Å². The van der Waals surface area contributed by atoms with Crippen LogP contribution in [-0.4, -0.2) is 107 Å². The molecule has 6 N–H and O–H groups in total. The summed E-state index contributed by atoms with van der Waals surface area (Å²) in [4.78, 5) is 44.4. The number of amides is 1. The van der Waals surface area contributed by atoms with Crippen molar-refractivity contribution in [3.8, 4) is 5.75 Å². The number of aliphatic hydroxyl groups is 3.